The van der Waals surface area contributed by atoms with Crippen molar-refractivity contribution in [1.82, 2.24) is 9.21 Å². The number of carbonyl (C=O) groups excluding carboxylic acids is 1. The van der Waals surface area contributed by atoms with Crippen molar-refractivity contribution in [3.8, 4) is 0 Å². The van der Waals surface area contributed by atoms with Gasteiger partial charge in [-0.1, -0.05) is 13.3 Å². The number of likely N-dealkylation sites (N-methyl/N-ethyl adjacent to an activating group) is 1. The van der Waals surface area contributed by atoms with Gasteiger partial charge < -0.3 is 4.90 Å². The zero-order chi connectivity index (χ0) is 12.7. The number of hydrogen-bond donors (Lipinski definition) is 0. The third-order valence-electron chi connectivity index (χ3n) is 3.91. The summed E-state index contributed by atoms with van der Waals surface area (Å²) in [5, 5.41) is 0. The molecule has 1 heterocycles. The predicted molar refractivity (Wildman–Crippen MR) is 65.0 cm³/mol. The second-order valence-electron chi connectivity index (χ2n) is 5.57. The molecule has 0 radical (unpaired) electrons. The minimum absolute atomic E-state index is 0.00884. The molecule has 6 heteroatoms. The van der Waals surface area contributed by atoms with E-state index < -0.39 is 10.0 Å². The summed E-state index contributed by atoms with van der Waals surface area (Å²) in [5.41, 5.74) is -0.0643. The Morgan fingerprint density at radius 3 is 2.41 bits per heavy atom. The Hall–Kier alpha value is -0.620. The smallest absolute Gasteiger partial charge is 0.237 e. The van der Waals surface area contributed by atoms with Crippen molar-refractivity contribution in [2.45, 2.75) is 26.2 Å². The summed E-state index contributed by atoms with van der Waals surface area (Å²) in [5.74, 6) is 0.0790. The molecule has 0 aromatic rings. The van der Waals surface area contributed by atoms with E-state index in [1.54, 1.807) is 11.9 Å². The highest BCUT2D eigenvalue weighted by atomic mass is 32.2. The maximum Gasteiger partial charge on any atom is 0.237 e. The first-order valence-corrected chi connectivity index (χ1v) is 7.65. The minimum Gasteiger partial charge on any atom is -0.343 e. The van der Waals surface area contributed by atoms with Crippen LogP contribution in [0.15, 0.2) is 0 Å². The molecular weight excluding hydrogens is 240 g/mol. The molecule has 0 spiro atoms. The highest BCUT2D eigenvalue weighted by molar-refractivity contribution is 7.89. The molecule has 0 atom stereocenters. The number of nitrogens with zero attached hydrogens (tertiary/aromatic N) is 2. The van der Waals surface area contributed by atoms with Gasteiger partial charge in [0.05, 0.1) is 12.3 Å². The van der Waals surface area contributed by atoms with Crippen molar-refractivity contribution in [3.05, 3.63) is 0 Å². The molecule has 0 bridgehead atoms. The summed E-state index contributed by atoms with van der Waals surface area (Å²) >= 11 is 0. The predicted octanol–water partition coefficient (Wildman–Crippen LogP) is 0.280. The van der Waals surface area contributed by atoms with Crippen LogP contribution in [0.5, 0.6) is 0 Å². The van der Waals surface area contributed by atoms with Crippen LogP contribution in [0.25, 0.3) is 0 Å². The molecule has 2 rings (SSSR count). The van der Waals surface area contributed by atoms with Crippen LogP contribution in [0.2, 0.25) is 0 Å². The van der Waals surface area contributed by atoms with Crippen molar-refractivity contribution in [1.29, 1.82) is 0 Å². The van der Waals surface area contributed by atoms with Crippen LogP contribution in [0.4, 0.5) is 0 Å². The maximum atomic E-state index is 12.2. The van der Waals surface area contributed by atoms with Gasteiger partial charge >= 0.3 is 0 Å². The monoisotopic (exact) mass is 260 g/mol. The maximum absolute atomic E-state index is 12.2. The second kappa shape index (κ2) is 4.24. The van der Waals surface area contributed by atoms with E-state index in [0.29, 0.717) is 13.1 Å². The molecule has 17 heavy (non-hydrogen) atoms. The number of carbonyl (C=O) groups is 1. The molecule has 0 aromatic carbocycles. The topological polar surface area (TPSA) is 57.7 Å². The van der Waals surface area contributed by atoms with Crippen LogP contribution < -0.4 is 0 Å². The summed E-state index contributed by atoms with van der Waals surface area (Å²) in [4.78, 5) is 13.1. The van der Waals surface area contributed by atoms with E-state index in [1.165, 1.54) is 4.31 Å². The number of sulfonamides is 1. The van der Waals surface area contributed by atoms with Gasteiger partial charge in [0.2, 0.25) is 15.9 Å². The van der Waals surface area contributed by atoms with Gasteiger partial charge in [0.25, 0.3) is 0 Å². The molecule has 0 aromatic heterocycles. The number of hydrogen-bond acceptors (Lipinski definition) is 3. The van der Waals surface area contributed by atoms with Gasteiger partial charge in [-0.25, -0.2) is 8.42 Å². The van der Waals surface area contributed by atoms with Gasteiger partial charge in [-0.2, -0.15) is 4.31 Å². The van der Waals surface area contributed by atoms with Crippen molar-refractivity contribution in [2.24, 2.45) is 5.41 Å². The second-order valence-corrected chi connectivity index (χ2v) is 7.54. The lowest BCUT2D eigenvalue weighted by molar-refractivity contribution is -0.132. The molecule has 1 saturated carbocycles. The quantitative estimate of drug-likeness (QED) is 0.732. The summed E-state index contributed by atoms with van der Waals surface area (Å²) < 4.78 is 25.7. The zero-order valence-electron chi connectivity index (χ0n) is 10.5. The standard InChI is InChI=1S/C11H20N2O3S/c1-11(4-3-5-11)9-17(15,16)13-7-6-12(2)10(14)8-13/h3-9H2,1-2H3. The largest absolute Gasteiger partial charge is 0.343 e. The Kier molecular flexibility index (Phi) is 3.20. The molecule has 5 nitrogen and oxygen atoms in total. The Labute approximate surface area is 103 Å². The fraction of sp³-hybridized carbons (Fsp3) is 0.909. The fourth-order valence-electron chi connectivity index (χ4n) is 2.43. The van der Waals surface area contributed by atoms with Crippen molar-refractivity contribution >= 4 is 15.9 Å². The van der Waals surface area contributed by atoms with E-state index in [0.717, 1.165) is 19.3 Å². The average Bonchev–Trinajstić information content (AvgIpc) is 2.19. The molecule has 1 saturated heterocycles. The van der Waals surface area contributed by atoms with Crippen LogP contribution in [0, 0.1) is 5.41 Å². The van der Waals surface area contributed by atoms with Gasteiger partial charge in [0.15, 0.2) is 0 Å². The number of amides is 1. The molecule has 1 aliphatic heterocycles. The van der Waals surface area contributed by atoms with E-state index in [9.17, 15) is 13.2 Å². The molecule has 0 N–H and O–H groups in total. The Morgan fingerprint density at radius 1 is 1.29 bits per heavy atom. The molecule has 2 fully saturated rings. The van der Waals surface area contributed by atoms with Crippen molar-refractivity contribution < 1.29 is 13.2 Å². The van der Waals surface area contributed by atoms with E-state index in [4.69, 9.17) is 0 Å². The highest BCUT2D eigenvalue weighted by Gasteiger charge is 2.40. The first-order valence-electron chi connectivity index (χ1n) is 6.04. The lowest BCUT2D eigenvalue weighted by atomic mass is 9.72. The molecular formula is C11H20N2O3S. The van der Waals surface area contributed by atoms with Gasteiger partial charge in [0, 0.05) is 20.1 Å². The van der Waals surface area contributed by atoms with E-state index in [1.807, 2.05) is 6.92 Å². The third-order valence-corrected chi connectivity index (χ3v) is 6.07. The molecule has 2 aliphatic rings. The average molecular weight is 260 g/mol. The molecule has 1 amide bonds. The third kappa shape index (κ3) is 2.63. The Balaban J connectivity index is 2.03. The molecule has 98 valence electrons. The summed E-state index contributed by atoms with van der Waals surface area (Å²) in [6.07, 6.45) is 3.08. The van der Waals surface area contributed by atoms with Crippen LogP contribution in [-0.4, -0.2) is 56.0 Å². The van der Waals surface area contributed by atoms with Crippen LogP contribution >= 0.6 is 0 Å². The van der Waals surface area contributed by atoms with E-state index in [2.05, 4.69) is 0 Å². The summed E-state index contributed by atoms with van der Waals surface area (Å²) in [6.45, 7) is 2.95. The SMILES string of the molecule is CN1CCN(S(=O)(=O)CC2(C)CCC2)CC1=O. The minimum atomic E-state index is -3.27. The van der Waals surface area contributed by atoms with Gasteiger partial charge in [-0.3, -0.25) is 4.79 Å². The fourth-order valence-corrected chi connectivity index (χ4v) is 4.45. The van der Waals surface area contributed by atoms with E-state index in [-0.39, 0.29) is 23.6 Å². The summed E-state index contributed by atoms with van der Waals surface area (Å²) in [6, 6.07) is 0. The van der Waals surface area contributed by atoms with Crippen LogP contribution in [0.1, 0.15) is 26.2 Å². The lowest BCUT2D eigenvalue weighted by Gasteiger charge is -2.40. The highest BCUT2D eigenvalue weighted by Crippen LogP contribution is 2.41. The number of rotatable bonds is 3. The summed E-state index contributed by atoms with van der Waals surface area (Å²) in [7, 11) is -1.56. The van der Waals surface area contributed by atoms with Crippen LogP contribution in [-0.2, 0) is 14.8 Å². The molecule has 1 aliphatic carbocycles. The molecule has 0 unspecified atom stereocenters. The first kappa shape index (κ1) is 12.8. The Bertz CT molecular complexity index is 414. The zero-order valence-corrected chi connectivity index (χ0v) is 11.3. The first-order chi connectivity index (χ1) is 7.82. The number of piperazine rings is 1. The van der Waals surface area contributed by atoms with Gasteiger partial charge in [-0.05, 0) is 18.3 Å². The van der Waals surface area contributed by atoms with Gasteiger partial charge in [0.1, 0.15) is 0 Å². The normalized spacial score (nSPS) is 25.8. The van der Waals surface area contributed by atoms with Gasteiger partial charge in [-0.15, -0.1) is 0 Å². The van der Waals surface area contributed by atoms with E-state index >= 15 is 0 Å². The van der Waals surface area contributed by atoms with Crippen molar-refractivity contribution in [3.63, 3.8) is 0 Å². The Morgan fingerprint density at radius 2 is 1.94 bits per heavy atom. The van der Waals surface area contributed by atoms with Crippen molar-refractivity contribution in [2.75, 3.05) is 32.4 Å². The lowest BCUT2D eigenvalue weighted by Crippen LogP contribution is -2.52. The van der Waals surface area contributed by atoms with Crippen LogP contribution in [0.3, 0.4) is 0 Å².